The molecule has 4 heteroatoms. The quantitative estimate of drug-likeness (QED) is 0.705. The van der Waals surface area contributed by atoms with Gasteiger partial charge in [0.15, 0.2) is 0 Å². The van der Waals surface area contributed by atoms with E-state index >= 15 is 0 Å². The molecule has 0 atom stereocenters. The van der Waals surface area contributed by atoms with Crippen LogP contribution in [0.5, 0.6) is 0 Å². The Morgan fingerprint density at radius 3 is 2.75 bits per heavy atom. The Morgan fingerprint density at radius 2 is 2.50 bits per heavy atom. The third-order valence-electron chi connectivity index (χ3n) is 0.721. The predicted molar refractivity (Wildman–Crippen MR) is 36.8 cm³/mol. The molecule has 0 aliphatic carbocycles. The van der Waals surface area contributed by atoms with Crippen molar-refractivity contribution >= 4 is 31.9 Å². The van der Waals surface area contributed by atoms with Gasteiger partial charge in [-0.2, -0.15) is 0 Å². The van der Waals surface area contributed by atoms with Gasteiger partial charge in [0.1, 0.15) is 12.0 Å². The minimum absolute atomic E-state index is 0.726. The minimum atomic E-state index is 0.726. The van der Waals surface area contributed by atoms with E-state index in [1.165, 1.54) is 0 Å². The van der Waals surface area contributed by atoms with Gasteiger partial charge in [-0.25, -0.2) is 0 Å². The first-order valence-corrected chi connectivity index (χ1v) is 3.90. The summed E-state index contributed by atoms with van der Waals surface area (Å²) in [6, 6.07) is 0. The Kier molecular flexibility index (Phi) is 2.08. The van der Waals surface area contributed by atoms with Crippen LogP contribution in [0.1, 0.15) is 5.69 Å². The summed E-state index contributed by atoms with van der Waals surface area (Å²) in [5, 5.41) is 4.39. The molecule has 0 aliphatic heterocycles. The molecule has 0 saturated carbocycles. The molecular weight excluding hydrogens is 238 g/mol. The zero-order valence-corrected chi connectivity index (χ0v) is 7.07. The highest BCUT2D eigenvalue weighted by molar-refractivity contribution is 9.10. The number of aromatic nitrogens is 1. The number of rotatable bonds is 1. The fourth-order valence-corrected chi connectivity index (χ4v) is 1.41. The second-order valence-electron chi connectivity index (χ2n) is 1.24. The number of nitrogens with zero attached hydrogens (tertiary/aromatic N) is 1. The molecular formula is C4H3Br2NO. The minimum Gasteiger partial charge on any atom is -0.363 e. The van der Waals surface area contributed by atoms with Crippen molar-refractivity contribution in [1.82, 2.24) is 5.16 Å². The lowest BCUT2D eigenvalue weighted by molar-refractivity contribution is 0.414. The standard InChI is InChI=1S/C4H3Br2NO/c5-1-4-3(6)2-8-7-4/h2H,1H2. The largest absolute Gasteiger partial charge is 0.363 e. The third kappa shape index (κ3) is 1.11. The van der Waals surface area contributed by atoms with E-state index in [0.29, 0.717) is 0 Å². The average Bonchev–Trinajstić information content (AvgIpc) is 2.14. The van der Waals surface area contributed by atoms with Gasteiger partial charge in [-0.05, 0) is 15.9 Å². The summed E-state index contributed by atoms with van der Waals surface area (Å²) in [5.74, 6) is 0. The smallest absolute Gasteiger partial charge is 0.138 e. The molecule has 0 aliphatic rings. The summed E-state index contributed by atoms with van der Waals surface area (Å²) in [7, 11) is 0. The van der Waals surface area contributed by atoms with Crippen LogP contribution in [0.3, 0.4) is 0 Å². The Labute approximate surface area is 63.5 Å². The number of hydrogen-bond donors (Lipinski definition) is 0. The summed E-state index contributed by atoms with van der Waals surface area (Å²) in [6.45, 7) is 0. The summed E-state index contributed by atoms with van der Waals surface area (Å²) in [4.78, 5) is 0. The molecule has 0 bridgehead atoms. The summed E-state index contributed by atoms with van der Waals surface area (Å²) in [6.07, 6.45) is 1.55. The fraction of sp³-hybridized carbons (Fsp3) is 0.250. The average molecular weight is 241 g/mol. The zero-order valence-electron chi connectivity index (χ0n) is 3.90. The first kappa shape index (κ1) is 6.29. The molecule has 1 heterocycles. The highest BCUT2D eigenvalue weighted by Gasteiger charge is 1.99. The van der Waals surface area contributed by atoms with Crippen molar-refractivity contribution in [2.75, 3.05) is 0 Å². The highest BCUT2D eigenvalue weighted by atomic mass is 79.9. The van der Waals surface area contributed by atoms with Crippen LogP contribution in [-0.4, -0.2) is 5.16 Å². The second-order valence-corrected chi connectivity index (χ2v) is 2.66. The Morgan fingerprint density at radius 1 is 1.75 bits per heavy atom. The van der Waals surface area contributed by atoms with E-state index in [1.54, 1.807) is 6.26 Å². The van der Waals surface area contributed by atoms with Crippen molar-refractivity contribution in [1.29, 1.82) is 0 Å². The predicted octanol–water partition coefficient (Wildman–Crippen LogP) is 2.33. The lowest BCUT2D eigenvalue weighted by atomic mass is 10.5. The Bertz CT molecular complexity index is 174. The molecule has 44 valence electrons. The van der Waals surface area contributed by atoms with Gasteiger partial charge in [0.2, 0.25) is 0 Å². The van der Waals surface area contributed by atoms with Crippen molar-refractivity contribution in [3.8, 4) is 0 Å². The van der Waals surface area contributed by atoms with Crippen molar-refractivity contribution < 1.29 is 4.52 Å². The van der Waals surface area contributed by atoms with E-state index in [1.807, 2.05) is 0 Å². The maximum absolute atomic E-state index is 4.61. The Hall–Kier alpha value is 0.170. The number of alkyl halides is 1. The summed E-state index contributed by atoms with van der Waals surface area (Å²) in [5.41, 5.74) is 0.894. The maximum Gasteiger partial charge on any atom is 0.138 e. The lowest BCUT2D eigenvalue weighted by Crippen LogP contribution is -1.73. The molecule has 1 aromatic heterocycles. The van der Waals surface area contributed by atoms with E-state index in [-0.39, 0.29) is 0 Å². The van der Waals surface area contributed by atoms with Crippen molar-refractivity contribution in [3.05, 3.63) is 16.4 Å². The van der Waals surface area contributed by atoms with Crippen LogP contribution in [0.2, 0.25) is 0 Å². The van der Waals surface area contributed by atoms with Gasteiger partial charge >= 0.3 is 0 Å². The number of hydrogen-bond acceptors (Lipinski definition) is 2. The van der Waals surface area contributed by atoms with E-state index < -0.39 is 0 Å². The zero-order chi connectivity index (χ0) is 5.98. The van der Waals surface area contributed by atoms with Crippen LogP contribution < -0.4 is 0 Å². The maximum atomic E-state index is 4.61. The fourth-order valence-electron chi connectivity index (χ4n) is 0.336. The molecule has 0 saturated heterocycles. The van der Waals surface area contributed by atoms with Gasteiger partial charge in [-0.15, -0.1) is 0 Å². The van der Waals surface area contributed by atoms with Crippen molar-refractivity contribution in [2.45, 2.75) is 5.33 Å². The summed E-state index contributed by atoms with van der Waals surface area (Å²) < 4.78 is 5.52. The summed E-state index contributed by atoms with van der Waals surface area (Å²) >= 11 is 6.48. The molecule has 1 aromatic rings. The van der Waals surface area contributed by atoms with Crippen LogP contribution in [0.15, 0.2) is 15.3 Å². The normalized spacial score (nSPS) is 9.75. The first-order chi connectivity index (χ1) is 3.84. The van der Waals surface area contributed by atoms with Crippen LogP contribution >= 0.6 is 31.9 Å². The second kappa shape index (κ2) is 2.64. The van der Waals surface area contributed by atoms with Gasteiger partial charge < -0.3 is 4.52 Å². The molecule has 0 spiro atoms. The third-order valence-corrected chi connectivity index (χ3v) is 1.90. The van der Waals surface area contributed by atoms with E-state index in [0.717, 1.165) is 15.5 Å². The molecule has 0 unspecified atom stereocenters. The highest BCUT2D eigenvalue weighted by Crippen LogP contribution is 2.16. The molecule has 0 aromatic carbocycles. The molecule has 0 amide bonds. The first-order valence-electron chi connectivity index (χ1n) is 1.99. The van der Waals surface area contributed by atoms with Gasteiger partial charge in [0, 0.05) is 0 Å². The molecule has 1 rings (SSSR count). The topological polar surface area (TPSA) is 26.0 Å². The molecule has 2 nitrogen and oxygen atoms in total. The SMILES string of the molecule is BrCc1nocc1Br. The van der Waals surface area contributed by atoms with Gasteiger partial charge in [-0.1, -0.05) is 21.1 Å². The van der Waals surface area contributed by atoms with Crippen LogP contribution in [0, 0.1) is 0 Å². The number of halogens is 2. The van der Waals surface area contributed by atoms with E-state index in [4.69, 9.17) is 0 Å². The van der Waals surface area contributed by atoms with Crippen LogP contribution in [-0.2, 0) is 5.33 Å². The lowest BCUT2D eigenvalue weighted by Gasteiger charge is -1.79. The monoisotopic (exact) mass is 239 g/mol. The van der Waals surface area contributed by atoms with Gasteiger partial charge in [-0.3, -0.25) is 0 Å². The van der Waals surface area contributed by atoms with Crippen LogP contribution in [0.25, 0.3) is 0 Å². The molecule has 0 fully saturated rings. The molecule has 0 radical (unpaired) electrons. The molecule has 8 heavy (non-hydrogen) atoms. The molecule has 0 N–H and O–H groups in total. The van der Waals surface area contributed by atoms with Crippen LogP contribution in [0.4, 0.5) is 0 Å². The van der Waals surface area contributed by atoms with E-state index in [9.17, 15) is 0 Å². The van der Waals surface area contributed by atoms with Crippen molar-refractivity contribution in [3.63, 3.8) is 0 Å². The van der Waals surface area contributed by atoms with Gasteiger partial charge in [0.05, 0.1) is 9.80 Å². The Balaban J connectivity index is 2.92. The van der Waals surface area contributed by atoms with Gasteiger partial charge in [0.25, 0.3) is 0 Å². The van der Waals surface area contributed by atoms with E-state index in [2.05, 4.69) is 41.5 Å². The van der Waals surface area contributed by atoms with Crippen molar-refractivity contribution in [2.24, 2.45) is 0 Å².